The zero-order valence-corrected chi connectivity index (χ0v) is 13.2. The Labute approximate surface area is 135 Å². The van der Waals surface area contributed by atoms with Crippen LogP contribution in [0.3, 0.4) is 0 Å². The van der Waals surface area contributed by atoms with Gasteiger partial charge in [-0.05, 0) is 17.7 Å². The van der Waals surface area contributed by atoms with Gasteiger partial charge in [0.05, 0.1) is 13.2 Å². The van der Waals surface area contributed by atoms with E-state index in [1.165, 1.54) is 0 Å². The number of nitrogens with zero attached hydrogens (tertiary/aromatic N) is 1. The standard InChI is InChI=1S/C18H19NO2S/c20-18(19-11-13-21-14-12-19)17(15-7-3-1-4-8-15)22-16-9-5-2-6-10-16/h1-10,17H,11-14H2/t17-/m1/s1. The van der Waals surface area contributed by atoms with Crippen molar-refractivity contribution in [2.45, 2.75) is 10.1 Å². The van der Waals surface area contributed by atoms with Crippen LogP contribution in [0.5, 0.6) is 0 Å². The smallest absolute Gasteiger partial charge is 0.240 e. The summed E-state index contributed by atoms with van der Waals surface area (Å²) >= 11 is 1.61. The quantitative estimate of drug-likeness (QED) is 0.811. The highest BCUT2D eigenvalue weighted by Crippen LogP contribution is 2.36. The topological polar surface area (TPSA) is 29.5 Å². The minimum absolute atomic E-state index is 0.170. The predicted molar refractivity (Wildman–Crippen MR) is 88.9 cm³/mol. The average molecular weight is 313 g/mol. The number of rotatable bonds is 4. The van der Waals surface area contributed by atoms with E-state index in [1.807, 2.05) is 65.6 Å². The normalized spacial score (nSPS) is 16.3. The molecule has 114 valence electrons. The molecule has 22 heavy (non-hydrogen) atoms. The van der Waals surface area contributed by atoms with Crippen molar-refractivity contribution in [3.05, 3.63) is 66.2 Å². The Morgan fingerprint density at radius 3 is 2.18 bits per heavy atom. The van der Waals surface area contributed by atoms with Crippen LogP contribution in [0, 0.1) is 0 Å². The van der Waals surface area contributed by atoms with Crippen molar-refractivity contribution in [3.63, 3.8) is 0 Å². The van der Waals surface area contributed by atoms with Gasteiger partial charge >= 0.3 is 0 Å². The van der Waals surface area contributed by atoms with E-state index < -0.39 is 0 Å². The van der Waals surface area contributed by atoms with Crippen LogP contribution < -0.4 is 0 Å². The molecule has 1 fully saturated rings. The highest BCUT2D eigenvalue weighted by atomic mass is 32.2. The number of carbonyl (C=O) groups is 1. The Balaban J connectivity index is 1.84. The van der Waals surface area contributed by atoms with Crippen molar-refractivity contribution in [3.8, 4) is 0 Å². The second-order valence-corrected chi connectivity index (χ2v) is 6.34. The fourth-order valence-electron chi connectivity index (χ4n) is 2.47. The maximum absolute atomic E-state index is 13.0. The van der Waals surface area contributed by atoms with E-state index in [0.29, 0.717) is 26.3 Å². The highest BCUT2D eigenvalue weighted by molar-refractivity contribution is 8.00. The lowest BCUT2D eigenvalue weighted by Crippen LogP contribution is -2.42. The summed E-state index contributed by atoms with van der Waals surface area (Å²) in [5.41, 5.74) is 1.05. The van der Waals surface area contributed by atoms with Gasteiger partial charge in [-0.15, -0.1) is 11.8 Å². The van der Waals surface area contributed by atoms with E-state index in [-0.39, 0.29) is 11.2 Å². The van der Waals surface area contributed by atoms with Crippen LogP contribution >= 0.6 is 11.8 Å². The van der Waals surface area contributed by atoms with E-state index in [9.17, 15) is 4.79 Å². The van der Waals surface area contributed by atoms with Crippen molar-refractivity contribution in [1.82, 2.24) is 4.90 Å². The van der Waals surface area contributed by atoms with Gasteiger partial charge in [0.2, 0.25) is 5.91 Å². The third-order valence-corrected chi connectivity index (χ3v) is 4.90. The highest BCUT2D eigenvalue weighted by Gasteiger charge is 2.27. The Kier molecular flexibility index (Phi) is 5.14. The number of morpholine rings is 1. The summed E-state index contributed by atoms with van der Waals surface area (Å²) in [5, 5.41) is -0.207. The number of hydrogen-bond acceptors (Lipinski definition) is 3. The maximum Gasteiger partial charge on any atom is 0.240 e. The van der Waals surface area contributed by atoms with Crippen LogP contribution in [-0.4, -0.2) is 37.1 Å². The Bertz CT molecular complexity index is 597. The predicted octanol–water partition coefficient (Wildman–Crippen LogP) is 3.38. The van der Waals surface area contributed by atoms with Crippen LogP contribution in [0.1, 0.15) is 10.8 Å². The number of hydrogen-bond donors (Lipinski definition) is 0. The molecule has 0 aliphatic carbocycles. The average Bonchev–Trinajstić information content (AvgIpc) is 2.61. The van der Waals surface area contributed by atoms with Gasteiger partial charge in [0.15, 0.2) is 0 Å². The first-order chi connectivity index (χ1) is 10.8. The zero-order valence-electron chi connectivity index (χ0n) is 12.4. The first-order valence-electron chi connectivity index (χ1n) is 7.48. The third kappa shape index (κ3) is 3.70. The van der Waals surface area contributed by atoms with Crippen LogP contribution in [0.2, 0.25) is 0 Å². The van der Waals surface area contributed by atoms with Gasteiger partial charge in [-0.2, -0.15) is 0 Å². The van der Waals surface area contributed by atoms with E-state index in [4.69, 9.17) is 4.74 Å². The Morgan fingerprint density at radius 2 is 1.55 bits per heavy atom. The number of carbonyl (C=O) groups excluding carboxylic acids is 1. The zero-order chi connectivity index (χ0) is 15.2. The van der Waals surface area contributed by atoms with Crippen molar-refractivity contribution >= 4 is 17.7 Å². The summed E-state index contributed by atoms with van der Waals surface area (Å²) in [6, 6.07) is 20.1. The maximum atomic E-state index is 13.0. The summed E-state index contributed by atoms with van der Waals surface area (Å²) in [6.07, 6.45) is 0. The van der Waals surface area contributed by atoms with Crippen LogP contribution in [-0.2, 0) is 9.53 Å². The minimum atomic E-state index is -0.207. The van der Waals surface area contributed by atoms with Gasteiger partial charge in [-0.25, -0.2) is 0 Å². The molecule has 3 nitrogen and oxygen atoms in total. The Hall–Kier alpha value is -1.78. The molecule has 0 aromatic heterocycles. The van der Waals surface area contributed by atoms with E-state index in [2.05, 4.69) is 0 Å². The molecule has 0 spiro atoms. The van der Waals surface area contributed by atoms with Crippen molar-refractivity contribution in [1.29, 1.82) is 0 Å². The van der Waals surface area contributed by atoms with E-state index in [0.717, 1.165) is 10.5 Å². The molecule has 1 atom stereocenters. The largest absolute Gasteiger partial charge is 0.378 e. The van der Waals surface area contributed by atoms with Crippen LogP contribution in [0.15, 0.2) is 65.6 Å². The lowest BCUT2D eigenvalue weighted by molar-refractivity contribution is -0.134. The summed E-state index contributed by atoms with van der Waals surface area (Å²) in [7, 11) is 0. The molecule has 2 aromatic carbocycles. The summed E-state index contributed by atoms with van der Waals surface area (Å²) in [6.45, 7) is 2.61. The second-order valence-electron chi connectivity index (χ2n) is 5.16. The minimum Gasteiger partial charge on any atom is -0.378 e. The molecule has 1 aliphatic heterocycles. The molecule has 4 heteroatoms. The molecule has 0 unspecified atom stereocenters. The van der Waals surface area contributed by atoms with Gasteiger partial charge in [0.25, 0.3) is 0 Å². The molecule has 3 rings (SSSR count). The molecule has 1 heterocycles. The van der Waals surface area contributed by atoms with Gasteiger partial charge in [0, 0.05) is 18.0 Å². The third-order valence-electron chi connectivity index (χ3n) is 3.65. The molecular weight excluding hydrogens is 294 g/mol. The number of ether oxygens (including phenoxy) is 1. The fraction of sp³-hybridized carbons (Fsp3) is 0.278. The number of benzene rings is 2. The van der Waals surface area contributed by atoms with E-state index >= 15 is 0 Å². The lowest BCUT2D eigenvalue weighted by Gasteiger charge is -2.30. The van der Waals surface area contributed by atoms with E-state index in [1.54, 1.807) is 11.8 Å². The molecular formula is C18H19NO2S. The SMILES string of the molecule is O=C([C@H](Sc1ccccc1)c1ccccc1)N1CCOCC1. The number of amides is 1. The molecule has 1 aliphatic rings. The molecule has 0 saturated carbocycles. The van der Waals surface area contributed by atoms with Crippen molar-refractivity contribution < 1.29 is 9.53 Å². The first kappa shape index (κ1) is 15.1. The molecule has 0 bridgehead atoms. The fourth-order valence-corrected chi connectivity index (χ4v) is 3.60. The van der Waals surface area contributed by atoms with Crippen molar-refractivity contribution in [2.75, 3.05) is 26.3 Å². The van der Waals surface area contributed by atoms with Crippen molar-refractivity contribution in [2.24, 2.45) is 0 Å². The Morgan fingerprint density at radius 1 is 0.955 bits per heavy atom. The molecule has 2 aromatic rings. The van der Waals surface area contributed by atoms with Gasteiger partial charge in [-0.1, -0.05) is 48.5 Å². The second kappa shape index (κ2) is 7.47. The van der Waals surface area contributed by atoms with Crippen LogP contribution in [0.25, 0.3) is 0 Å². The van der Waals surface area contributed by atoms with Gasteiger partial charge in [0.1, 0.15) is 5.25 Å². The van der Waals surface area contributed by atoms with Crippen LogP contribution in [0.4, 0.5) is 0 Å². The van der Waals surface area contributed by atoms with Gasteiger partial charge in [-0.3, -0.25) is 4.79 Å². The summed E-state index contributed by atoms with van der Waals surface area (Å²) < 4.78 is 5.35. The lowest BCUT2D eigenvalue weighted by atomic mass is 10.1. The summed E-state index contributed by atoms with van der Waals surface area (Å²) in [4.78, 5) is 16.0. The molecule has 0 radical (unpaired) electrons. The molecule has 0 N–H and O–H groups in total. The molecule has 1 saturated heterocycles. The van der Waals surface area contributed by atoms with Gasteiger partial charge < -0.3 is 9.64 Å². The number of thioether (sulfide) groups is 1. The monoisotopic (exact) mass is 313 g/mol. The molecule has 1 amide bonds. The first-order valence-corrected chi connectivity index (χ1v) is 8.36. The summed E-state index contributed by atoms with van der Waals surface area (Å²) in [5.74, 6) is 0.170.